The third-order valence-electron chi connectivity index (χ3n) is 5.42. The van der Waals surface area contributed by atoms with Crippen molar-refractivity contribution in [2.75, 3.05) is 33.5 Å². The van der Waals surface area contributed by atoms with Gasteiger partial charge in [0.2, 0.25) is 0 Å². The molecule has 0 saturated heterocycles. The van der Waals surface area contributed by atoms with Crippen LogP contribution in [0.3, 0.4) is 0 Å². The van der Waals surface area contributed by atoms with Crippen LogP contribution in [-0.2, 0) is 38.8 Å². The van der Waals surface area contributed by atoms with Crippen LogP contribution in [0.25, 0.3) is 0 Å². The highest BCUT2D eigenvalue weighted by atomic mass is 35.5. The maximum atomic E-state index is 13.2. The van der Waals surface area contributed by atoms with E-state index in [0.29, 0.717) is 16.3 Å². The Morgan fingerprint density at radius 2 is 1.92 bits per heavy atom. The fourth-order valence-electron chi connectivity index (χ4n) is 3.82. The number of carbonyl (C=O) groups is 4. The summed E-state index contributed by atoms with van der Waals surface area (Å²) >= 11 is 6.49. The van der Waals surface area contributed by atoms with Crippen molar-refractivity contribution >= 4 is 35.5 Å². The van der Waals surface area contributed by atoms with E-state index in [0.717, 1.165) is 0 Å². The number of carboxylic acid groups (broad SMARTS) is 2. The van der Waals surface area contributed by atoms with Gasteiger partial charge in [-0.3, -0.25) is 14.4 Å². The van der Waals surface area contributed by atoms with Crippen LogP contribution in [0, 0.1) is 0 Å². The third-order valence-corrected chi connectivity index (χ3v) is 5.75. The first-order valence-corrected chi connectivity index (χ1v) is 11.5. The van der Waals surface area contributed by atoms with Crippen molar-refractivity contribution in [3.63, 3.8) is 0 Å². The number of allylic oxidation sites excluding steroid dienone is 1. The zero-order valence-corrected chi connectivity index (χ0v) is 20.7. The summed E-state index contributed by atoms with van der Waals surface area (Å²) in [5.41, 5.74) is -0.377. The Morgan fingerprint density at radius 1 is 1.19 bits per heavy atom. The first-order chi connectivity index (χ1) is 17.2. The van der Waals surface area contributed by atoms with E-state index in [2.05, 4.69) is 10.6 Å². The molecular weight excluding hydrogens is 496 g/mol. The van der Waals surface area contributed by atoms with Gasteiger partial charge in [0, 0.05) is 11.6 Å². The van der Waals surface area contributed by atoms with Gasteiger partial charge in [-0.05, 0) is 24.8 Å². The van der Waals surface area contributed by atoms with Gasteiger partial charge in [0.1, 0.15) is 6.04 Å². The minimum Gasteiger partial charge on any atom is -0.481 e. The second kappa shape index (κ2) is 13.6. The molecule has 36 heavy (non-hydrogen) atoms. The van der Waals surface area contributed by atoms with Crippen molar-refractivity contribution in [3.05, 3.63) is 58.4 Å². The molecule has 2 unspecified atom stereocenters. The van der Waals surface area contributed by atoms with E-state index in [9.17, 15) is 19.2 Å². The largest absolute Gasteiger partial charge is 0.481 e. The molecule has 0 radical (unpaired) electrons. The zero-order valence-electron chi connectivity index (χ0n) is 19.9. The van der Waals surface area contributed by atoms with Crippen LogP contribution in [0.5, 0.6) is 0 Å². The molecule has 0 spiro atoms. The lowest BCUT2D eigenvalue weighted by molar-refractivity contribution is -0.146. The number of nitrogens with one attached hydrogen (secondary N) is 2. The van der Waals surface area contributed by atoms with Crippen molar-refractivity contribution in [3.8, 4) is 0 Å². The second-order valence-corrected chi connectivity index (χ2v) is 8.16. The van der Waals surface area contributed by atoms with Crippen molar-refractivity contribution in [2.24, 2.45) is 0 Å². The Hall–Kier alpha value is -3.41. The minimum absolute atomic E-state index is 0.00446. The highest BCUT2D eigenvalue weighted by molar-refractivity contribution is 6.31. The lowest BCUT2D eigenvalue weighted by atomic mass is 9.69. The molecule has 0 fully saturated rings. The number of benzene rings is 1. The van der Waals surface area contributed by atoms with E-state index >= 15 is 0 Å². The Kier molecular flexibility index (Phi) is 10.9. The van der Waals surface area contributed by atoms with Crippen molar-refractivity contribution in [1.29, 1.82) is 0 Å². The fraction of sp³-hybridized carbons (Fsp3) is 0.417. The van der Waals surface area contributed by atoms with Crippen LogP contribution < -0.4 is 10.6 Å². The molecule has 12 heteroatoms. The summed E-state index contributed by atoms with van der Waals surface area (Å²) in [6.45, 7) is 1.66. The minimum atomic E-state index is -1.31. The van der Waals surface area contributed by atoms with Crippen LogP contribution in [0.1, 0.15) is 25.3 Å². The van der Waals surface area contributed by atoms with E-state index in [4.69, 9.17) is 36.0 Å². The molecule has 1 aromatic rings. The summed E-state index contributed by atoms with van der Waals surface area (Å²) in [7, 11) is 1.24. The normalized spacial score (nSPS) is 17.8. The predicted octanol–water partition coefficient (Wildman–Crippen LogP) is 1.61. The molecule has 2 rings (SSSR count). The molecule has 1 aromatic carbocycles. The summed E-state index contributed by atoms with van der Waals surface area (Å²) in [6.07, 6.45) is 2.39. The Morgan fingerprint density at radius 3 is 2.53 bits per heavy atom. The molecule has 4 N–H and O–H groups in total. The van der Waals surface area contributed by atoms with E-state index in [1.54, 1.807) is 43.5 Å². The second-order valence-electron chi connectivity index (χ2n) is 7.75. The number of ether oxygens (including phenoxy) is 3. The van der Waals surface area contributed by atoms with Crippen LogP contribution >= 0.6 is 11.6 Å². The van der Waals surface area contributed by atoms with Crippen LogP contribution in [0.4, 0.5) is 0 Å². The summed E-state index contributed by atoms with van der Waals surface area (Å²) in [5.74, 6) is -3.80. The molecule has 0 saturated carbocycles. The lowest BCUT2D eigenvalue weighted by Gasteiger charge is -2.36. The summed E-state index contributed by atoms with van der Waals surface area (Å²) in [6, 6.07) is 5.53. The maximum Gasteiger partial charge on any atom is 0.337 e. The van der Waals surface area contributed by atoms with Crippen LogP contribution in [0.15, 0.2) is 47.8 Å². The van der Waals surface area contributed by atoms with Gasteiger partial charge in [0.15, 0.2) is 0 Å². The molecule has 0 amide bonds. The Bertz CT molecular complexity index is 1040. The first-order valence-electron chi connectivity index (χ1n) is 11.1. The van der Waals surface area contributed by atoms with Gasteiger partial charge >= 0.3 is 23.9 Å². The summed E-state index contributed by atoms with van der Waals surface area (Å²) < 4.78 is 15.9. The molecular formula is C24H29ClN2O9. The van der Waals surface area contributed by atoms with E-state index in [-0.39, 0.29) is 38.4 Å². The Balaban J connectivity index is 2.35. The topological polar surface area (TPSA) is 160 Å². The van der Waals surface area contributed by atoms with Crippen LogP contribution in [0.2, 0.25) is 5.02 Å². The Labute approximate surface area is 213 Å². The third kappa shape index (κ3) is 7.30. The molecule has 1 heterocycles. The number of carbonyl (C=O) groups excluding carboxylic acids is 2. The van der Waals surface area contributed by atoms with Gasteiger partial charge in [-0.2, -0.15) is 0 Å². The van der Waals surface area contributed by atoms with E-state index < -0.39 is 41.8 Å². The van der Waals surface area contributed by atoms with Gasteiger partial charge in [0.25, 0.3) is 0 Å². The van der Waals surface area contributed by atoms with Crippen molar-refractivity contribution in [1.82, 2.24) is 10.6 Å². The molecule has 0 aromatic heterocycles. The monoisotopic (exact) mass is 524 g/mol. The number of esters is 2. The SMILES string of the molecule is CCOC(=O)C1=C(COCCNC(CC(=O)O)C(=O)O)NC=CC1(CC(=O)OC)c1ccccc1Cl. The molecule has 11 nitrogen and oxygen atoms in total. The van der Waals surface area contributed by atoms with E-state index in [1.807, 2.05) is 0 Å². The molecule has 0 bridgehead atoms. The summed E-state index contributed by atoms with van der Waals surface area (Å²) in [5, 5.41) is 23.9. The average Bonchev–Trinajstić information content (AvgIpc) is 2.83. The van der Waals surface area contributed by atoms with Crippen molar-refractivity contribution < 1.29 is 43.6 Å². The first kappa shape index (κ1) is 28.8. The number of hydrogen-bond donors (Lipinski definition) is 4. The number of rotatable bonds is 14. The number of dihydropyridines is 1. The highest BCUT2D eigenvalue weighted by Gasteiger charge is 2.45. The van der Waals surface area contributed by atoms with Crippen LogP contribution in [-0.4, -0.2) is 73.6 Å². The molecule has 2 atom stereocenters. The van der Waals surface area contributed by atoms with Gasteiger partial charge < -0.3 is 35.1 Å². The van der Waals surface area contributed by atoms with Gasteiger partial charge in [0.05, 0.1) is 56.5 Å². The predicted molar refractivity (Wildman–Crippen MR) is 128 cm³/mol. The number of halogens is 1. The number of aliphatic carboxylic acids is 2. The number of hydrogen-bond acceptors (Lipinski definition) is 9. The molecule has 1 aliphatic heterocycles. The zero-order chi connectivity index (χ0) is 26.7. The van der Waals surface area contributed by atoms with E-state index in [1.165, 1.54) is 7.11 Å². The fourth-order valence-corrected chi connectivity index (χ4v) is 4.13. The number of carboxylic acids is 2. The molecule has 196 valence electrons. The average molecular weight is 525 g/mol. The molecule has 1 aliphatic rings. The summed E-state index contributed by atoms with van der Waals surface area (Å²) in [4.78, 5) is 47.7. The molecule has 0 aliphatic carbocycles. The van der Waals surface area contributed by atoms with Gasteiger partial charge in [-0.1, -0.05) is 35.9 Å². The lowest BCUT2D eigenvalue weighted by Crippen LogP contribution is -2.41. The van der Waals surface area contributed by atoms with Gasteiger partial charge in [-0.15, -0.1) is 0 Å². The van der Waals surface area contributed by atoms with Gasteiger partial charge in [-0.25, -0.2) is 4.79 Å². The number of methoxy groups -OCH3 is 1. The smallest absolute Gasteiger partial charge is 0.337 e. The quantitative estimate of drug-likeness (QED) is 0.207. The maximum absolute atomic E-state index is 13.2. The highest BCUT2D eigenvalue weighted by Crippen LogP contribution is 2.44. The van der Waals surface area contributed by atoms with Crippen molar-refractivity contribution in [2.45, 2.75) is 31.2 Å². The standard InChI is InChI=1S/C24H29ClN2O9/c1-3-36-23(33)21-18(14-35-11-10-27-17(22(31)32)12-19(28)29)26-9-8-24(21,13-20(30)34-2)15-6-4-5-7-16(15)25/h4-9,17,26-27H,3,10-14H2,1-2H3,(H,28,29)(H,31,32).